The van der Waals surface area contributed by atoms with Gasteiger partial charge < -0.3 is 16.2 Å². The molecule has 1 rings (SSSR count). The highest BCUT2D eigenvalue weighted by atomic mass is 16.3. The first-order chi connectivity index (χ1) is 8.04. The average molecular weight is 242 g/mol. The zero-order chi connectivity index (χ0) is 12.9. The topological polar surface area (TPSA) is 75.4 Å². The molecule has 0 spiro atoms. The molecule has 0 saturated heterocycles. The highest BCUT2D eigenvalue weighted by Gasteiger charge is 2.39. The first-order valence-corrected chi connectivity index (χ1v) is 6.63. The summed E-state index contributed by atoms with van der Waals surface area (Å²) in [5, 5.41) is 11.9. The minimum atomic E-state index is -0.359. The Labute approximate surface area is 104 Å². The van der Waals surface area contributed by atoms with Crippen molar-refractivity contribution in [2.75, 3.05) is 19.7 Å². The normalized spacial score (nSPS) is 30.9. The van der Waals surface area contributed by atoms with Crippen LogP contribution in [0.5, 0.6) is 0 Å². The van der Waals surface area contributed by atoms with Crippen LogP contribution in [-0.4, -0.2) is 30.7 Å². The molecule has 1 saturated carbocycles. The minimum absolute atomic E-state index is 0.0761. The lowest BCUT2D eigenvalue weighted by Crippen LogP contribution is -2.49. The lowest BCUT2D eigenvalue weighted by atomic mass is 9.70. The number of nitrogens with one attached hydrogen (secondary N) is 1. The van der Waals surface area contributed by atoms with Gasteiger partial charge in [0.2, 0.25) is 5.91 Å². The zero-order valence-electron chi connectivity index (χ0n) is 11.0. The molecule has 4 N–H and O–H groups in total. The van der Waals surface area contributed by atoms with Gasteiger partial charge in [-0.25, -0.2) is 0 Å². The lowest BCUT2D eigenvalue weighted by Gasteiger charge is -2.37. The smallest absolute Gasteiger partial charge is 0.227 e. The molecule has 0 aliphatic heterocycles. The highest BCUT2D eigenvalue weighted by molar-refractivity contribution is 5.83. The van der Waals surface area contributed by atoms with Gasteiger partial charge in [0.25, 0.3) is 0 Å². The first-order valence-electron chi connectivity index (χ1n) is 6.63. The Morgan fingerprint density at radius 3 is 2.59 bits per heavy atom. The Morgan fingerprint density at radius 2 is 2.12 bits per heavy atom. The summed E-state index contributed by atoms with van der Waals surface area (Å²) in [7, 11) is 0. The van der Waals surface area contributed by atoms with Crippen molar-refractivity contribution in [3.05, 3.63) is 0 Å². The maximum absolute atomic E-state index is 12.2. The van der Waals surface area contributed by atoms with E-state index in [9.17, 15) is 4.79 Å². The van der Waals surface area contributed by atoms with Gasteiger partial charge in [0, 0.05) is 19.7 Å². The molecule has 1 aliphatic rings. The second-order valence-corrected chi connectivity index (χ2v) is 5.66. The summed E-state index contributed by atoms with van der Waals surface area (Å²) in [4.78, 5) is 12.2. The van der Waals surface area contributed by atoms with Crippen molar-refractivity contribution in [1.29, 1.82) is 0 Å². The van der Waals surface area contributed by atoms with Crippen LogP contribution in [0.15, 0.2) is 0 Å². The summed E-state index contributed by atoms with van der Waals surface area (Å²) in [5.41, 5.74) is 5.45. The van der Waals surface area contributed by atoms with E-state index in [1.165, 1.54) is 0 Å². The third kappa shape index (κ3) is 3.68. The van der Waals surface area contributed by atoms with Gasteiger partial charge in [-0.1, -0.05) is 13.8 Å². The molecule has 4 nitrogen and oxygen atoms in total. The van der Waals surface area contributed by atoms with Crippen molar-refractivity contribution in [2.45, 2.75) is 39.5 Å². The van der Waals surface area contributed by atoms with E-state index in [1.807, 2.05) is 6.92 Å². The van der Waals surface area contributed by atoms with Gasteiger partial charge in [-0.3, -0.25) is 4.79 Å². The molecule has 100 valence electrons. The van der Waals surface area contributed by atoms with Crippen LogP contribution in [0.1, 0.15) is 39.5 Å². The molecule has 0 bridgehead atoms. The van der Waals surface area contributed by atoms with Gasteiger partial charge >= 0.3 is 0 Å². The second-order valence-electron chi connectivity index (χ2n) is 5.66. The van der Waals surface area contributed by atoms with Crippen LogP contribution in [0.25, 0.3) is 0 Å². The van der Waals surface area contributed by atoms with Crippen LogP contribution >= 0.6 is 0 Å². The number of hydrogen-bond donors (Lipinski definition) is 3. The van der Waals surface area contributed by atoms with E-state index in [4.69, 9.17) is 10.8 Å². The molecule has 17 heavy (non-hydrogen) atoms. The molecule has 1 fully saturated rings. The maximum atomic E-state index is 12.2. The molecule has 1 unspecified atom stereocenters. The molecular weight excluding hydrogens is 216 g/mol. The summed E-state index contributed by atoms with van der Waals surface area (Å²) in [5.74, 6) is 0.891. The van der Waals surface area contributed by atoms with Crippen LogP contribution in [0, 0.1) is 17.3 Å². The molecule has 1 aliphatic carbocycles. The van der Waals surface area contributed by atoms with E-state index >= 15 is 0 Å². The Balaban J connectivity index is 2.51. The number of carbonyl (C=O) groups is 1. The summed E-state index contributed by atoms with van der Waals surface area (Å²) in [6.45, 7) is 5.21. The monoisotopic (exact) mass is 242 g/mol. The number of hydrogen-bond acceptors (Lipinski definition) is 3. The van der Waals surface area contributed by atoms with Crippen LogP contribution < -0.4 is 11.1 Å². The molecular formula is C13H26N2O2. The largest absolute Gasteiger partial charge is 0.396 e. The third-order valence-electron chi connectivity index (χ3n) is 4.03. The SMILES string of the molecule is CC1CCC(CN)(C(=O)NCC(C)CO)CC1. The molecule has 0 radical (unpaired) electrons. The number of carbonyl (C=O) groups excluding carboxylic acids is 1. The predicted molar refractivity (Wildman–Crippen MR) is 68.4 cm³/mol. The number of rotatable bonds is 5. The van der Waals surface area contributed by atoms with Crippen LogP contribution in [0.3, 0.4) is 0 Å². The van der Waals surface area contributed by atoms with Crippen molar-refractivity contribution in [1.82, 2.24) is 5.32 Å². The van der Waals surface area contributed by atoms with E-state index in [2.05, 4.69) is 12.2 Å². The number of aliphatic hydroxyl groups is 1. The Kier molecular flexibility index (Phi) is 5.40. The van der Waals surface area contributed by atoms with Crippen molar-refractivity contribution in [2.24, 2.45) is 23.0 Å². The Hall–Kier alpha value is -0.610. The van der Waals surface area contributed by atoms with Gasteiger partial charge in [-0.2, -0.15) is 0 Å². The van der Waals surface area contributed by atoms with Gasteiger partial charge in [0.15, 0.2) is 0 Å². The fourth-order valence-electron chi connectivity index (χ4n) is 2.36. The van der Waals surface area contributed by atoms with E-state index in [0.29, 0.717) is 19.0 Å². The molecule has 0 aromatic rings. The second kappa shape index (κ2) is 6.36. The third-order valence-corrected chi connectivity index (χ3v) is 4.03. The number of aliphatic hydroxyl groups excluding tert-OH is 1. The van der Waals surface area contributed by atoms with Crippen molar-refractivity contribution in [3.63, 3.8) is 0 Å². The van der Waals surface area contributed by atoms with Crippen LogP contribution in [0.4, 0.5) is 0 Å². The lowest BCUT2D eigenvalue weighted by molar-refractivity contribution is -0.133. The van der Waals surface area contributed by atoms with Crippen molar-refractivity contribution in [3.8, 4) is 0 Å². The fourth-order valence-corrected chi connectivity index (χ4v) is 2.36. The first kappa shape index (κ1) is 14.5. The average Bonchev–Trinajstić information content (AvgIpc) is 2.36. The van der Waals surface area contributed by atoms with E-state index in [-0.39, 0.29) is 23.8 Å². The zero-order valence-corrected chi connectivity index (χ0v) is 11.0. The van der Waals surface area contributed by atoms with E-state index in [0.717, 1.165) is 25.7 Å². The maximum Gasteiger partial charge on any atom is 0.227 e. The van der Waals surface area contributed by atoms with Gasteiger partial charge in [-0.15, -0.1) is 0 Å². The number of nitrogens with two attached hydrogens (primary N) is 1. The minimum Gasteiger partial charge on any atom is -0.396 e. The van der Waals surface area contributed by atoms with Crippen LogP contribution in [0.2, 0.25) is 0 Å². The predicted octanol–water partition coefficient (Wildman–Crippen LogP) is 0.886. The molecule has 1 amide bonds. The summed E-state index contributed by atoms with van der Waals surface area (Å²) < 4.78 is 0. The van der Waals surface area contributed by atoms with E-state index < -0.39 is 0 Å². The number of amides is 1. The summed E-state index contributed by atoms with van der Waals surface area (Å²) >= 11 is 0. The molecule has 0 aromatic carbocycles. The van der Waals surface area contributed by atoms with Crippen molar-refractivity contribution >= 4 is 5.91 Å². The quantitative estimate of drug-likeness (QED) is 0.670. The van der Waals surface area contributed by atoms with Crippen molar-refractivity contribution < 1.29 is 9.90 Å². The Morgan fingerprint density at radius 1 is 1.53 bits per heavy atom. The van der Waals surface area contributed by atoms with Gasteiger partial charge in [0.05, 0.1) is 5.41 Å². The fraction of sp³-hybridized carbons (Fsp3) is 0.923. The summed E-state index contributed by atoms with van der Waals surface area (Å²) in [6, 6.07) is 0. The molecule has 0 aromatic heterocycles. The highest BCUT2D eigenvalue weighted by Crippen LogP contribution is 2.38. The van der Waals surface area contributed by atoms with Crippen LogP contribution in [-0.2, 0) is 4.79 Å². The molecule has 0 heterocycles. The van der Waals surface area contributed by atoms with E-state index in [1.54, 1.807) is 0 Å². The van der Waals surface area contributed by atoms with Gasteiger partial charge in [-0.05, 0) is 37.5 Å². The Bertz CT molecular complexity index is 248. The molecule has 4 heteroatoms. The molecule has 1 atom stereocenters. The summed E-state index contributed by atoms with van der Waals surface area (Å²) in [6.07, 6.45) is 3.95. The van der Waals surface area contributed by atoms with Gasteiger partial charge in [0.1, 0.15) is 0 Å². The standard InChI is InChI=1S/C13H26N2O2/c1-10-3-5-13(9-14,6-4-10)12(17)15-7-11(2)8-16/h10-11,16H,3-9,14H2,1-2H3,(H,15,17).